The minimum absolute atomic E-state index is 0.0548. The molecule has 7 heteroatoms. The van der Waals surface area contributed by atoms with Crippen molar-refractivity contribution in [3.05, 3.63) is 58.5 Å². The molecule has 2 N–H and O–H groups in total. The number of para-hydroxylation sites is 2. The number of imidazole rings is 1. The van der Waals surface area contributed by atoms with Gasteiger partial charge < -0.3 is 19.8 Å². The smallest absolute Gasteiger partial charge is 0.326 e. The first-order chi connectivity index (χ1) is 14.4. The molecule has 0 aliphatic rings. The molecule has 7 nitrogen and oxygen atoms in total. The minimum atomic E-state index is -0.302. The van der Waals surface area contributed by atoms with E-state index in [0.29, 0.717) is 35.1 Å². The van der Waals surface area contributed by atoms with Crippen molar-refractivity contribution in [3.8, 4) is 11.5 Å². The van der Waals surface area contributed by atoms with Gasteiger partial charge in [0.15, 0.2) is 11.5 Å². The van der Waals surface area contributed by atoms with Gasteiger partial charge in [-0.3, -0.25) is 9.36 Å². The molecule has 1 heterocycles. The first-order valence-electron chi connectivity index (χ1n) is 10.2. The van der Waals surface area contributed by atoms with Crippen LogP contribution in [0.1, 0.15) is 38.8 Å². The van der Waals surface area contributed by atoms with E-state index >= 15 is 0 Å². The Morgan fingerprint density at radius 1 is 1.13 bits per heavy atom. The number of hydrogen-bond acceptors (Lipinski definition) is 4. The highest BCUT2D eigenvalue weighted by Gasteiger charge is 2.15. The topological polar surface area (TPSA) is 85.4 Å². The Morgan fingerprint density at radius 2 is 1.90 bits per heavy atom. The van der Waals surface area contributed by atoms with Crippen molar-refractivity contribution in [1.82, 2.24) is 14.9 Å². The van der Waals surface area contributed by atoms with Gasteiger partial charge in [-0.05, 0) is 49.1 Å². The molecule has 0 radical (unpaired) electrons. The number of carbonyl (C=O) groups is 1. The lowest BCUT2D eigenvalue weighted by molar-refractivity contribution is -0.122. The zero-order valence-electron chi connectivity index (χ0n) is 17.9. The summed E-state index contributed by atoms with van der Waals surface area (Å²) in [7, 11) is 1.60. The highest BCUT2D eigenvalue weighted by Crippen LogP contribution is 2.30. The highest BCUT2D eigenvalue weighted by molar-refractivity contribution is 5.80. The molecule has 1 atom stereocenters. The van der Waals surface area contributed by atoms with E-state index in [1.807, 2.05) is 49.4 Å². The number of ether oxygens (including phenoxy) is 2. The molecule has 30 heavy (non-hydrogen) atoms. The predicted octanol–water partition coefficient (Wildman–Crippen LogP) is 3.64. The Balaban J connectivity index is 1.67. The predicted molar refractivity (Wildman–Crippen MR) is 117 cm³/mol. The second-order valence-corrected chi connectivity index (χ2v) is 7.76. The van der Waals surface area contributed by atoms with Gasteiger partial charge in [0.2, 0.25) is 5.91 Å². The standard InChI is InChI=1S/C23H29N3O4/c1-15(2)11-12-30-20-10-9-17(13-21(20)29-4)16(3)24-22(27)14-26-19-8-6-5-7-18(19)25-23(26)28/h5-10,13,15-16H,11-12,14H2,1-4H3,(H,24,27)(H,25,28). The van der Waals surface area contributed by atoms with Crippen LogP contribution in [0.2, 0.25) is 0 Å². The second kappa shape index (κ2) is 9.52. The van der Waals surface area contributed by atoms with Gasteiger partial charge in [-0.2, -0.15) is 0 Å². The number of H-pyrrole nitrogens is 1. The molecule has 160 valence electrons. The summed E-state index contributed by atoms with van der Waals surface area (Å²) in [6, 6.07) is 12.7. The zero-order chi connectivity index (χ0) is 21.7. The number of nitrogens with zero attached hydrogens (tertiary/aromatic N) is 1. The van der Waals surface area contributed by atoms with E-state index in [9.17, 15) is 9.59 Å². The summed E-state index contributed by atoms with van der Waals surface area (Å²) in [6.07, 6.45) is 0.963. The van der Waals surface area contributed by atoms with Crippen molar-refractivity contribution in [2.24, 2.45) is 5.92 Å². The maximum atomic E-state index is 12.6. The van der Waals surface area contributed by atoms with Crippen LogP contribution in [0, 0.1) is 5.92 Å². The fraction of sp³-hybridized carbons (Fsp3) is 0.391. The van der Waals surface area contributed by atoms with Gasteiger partial charge >= 0.3 is 5.69 Å². The molecular formula is C23H29N3O4. The van der Waals surface area contributed by atoms with Gasteiger partial charge in [0.25, 0.3) is 0 Å². The first kappa shape index (κ1) is 21.5. The Labute approximate surface area is 176 Å². The van der Waals surface area contributed by atoms with Crippen molar-refractivity contribution < 1.29 is 14.3 Å². The monoisotopic (exact) mass is 411 g/mol. The number of rotatable bonds is 9. The van der Waals surface area contributed by atoms with E-state index in [1.54, 1.807) is 7.11 Å². The molecule has 3 rings (SSSR count). The fourth-order valence-corrected chi connectivity index (χ4v) is 3.26. The van der Waals surface area contributed by atoms with Crippen LogP contribution < -0.4 is 20.5 Å². The van der Waals surface area contributed by atoms with Crippen molar-refractivity contribution in [2.75, 3.05) is 13.7 Å². The van der Waals surface area contributed by atoms with Gasteiger partial charge in [0.05, 0.1) is 30.8 Å². The van der Waals surface area contributed by atoms with E-state index in [1.165, 1.54) is 4.57 Å². The van der Waals surface area contributed by atoms with Crippen LogP contribution in [-0.2, 0) is 11.3 Å². The van der Waals surface area contributed by atoms with Gasteiger partial charge in [0, 0.05) is 0 Å². The third-order valence-corrected chi connectivity index (χ3v) is 5.00. The Kier molecular flexibility index (Phi) is 6.82. The van der Waals surface area contributed by atoms with Crippen molar-refractivity contribution in [1.29, 1.82) is 0 Å². The molecule has 1 aromatic heterocycles. The summed E-state index contributed by atoms with van der Waals surface area (Å²) < 4.78 is 12.7. The van der Waals surface area contributed by atoms with Crippen LogP contribution in [0.5, 0.6) is 11.5 Å². The van der Waals surface area contributed by atoms with Crippen molar-refractivity contribution in [2.45, 2.75) is 39.8 Å². The molecule has 0 bridgehead atoms. The summed E-state index contributed by atoms with van der Waals surface area (Å²) in [5, 5.41) is 2.95. The average Bonchev–Trinajstić information content (AvgIpc) is 3.03. The van der Waals surface area contributed by atoms with Gasteiger partial charge in [-0.1, -0.05) is 32.0 Å². The molecule has 1 amide bonds. The summed E-state index contributed by atoms with van der Waals surface area (Å²) in [5.41, 5.74) is 2.00. The maximum absolute atomic E-state index is 12.6. The van der Waals surface area contributed by atoms with Gasteiger partial charge in [-0.15, -0.1) is 0 Å². The molecule has 0 fully saturated rings. The van der Waals surface area contributed by atoms with Crippen LogP contribution in [0.4, 0.5) is 0 Å². The van der Waals surface area contributed by atoms with Gasteiger partial charge in [0.1, 0.15) is 6.54 Å². The number of benzene rings is 2. The number of aromatic nitrogens is 2. The van der Waals surface area contributed by atoms with E-state index < -0.39 is 0 Å². The lowest BCUT2D eigenvalue weighted by atomic mass is 10.1. The molecule has 0 aliphatic heterocycles. The molecule has 0 spiro atoms. The van der Waals surface area contributed by atoms with Crippen LogP contribution in [-0.4, -0.2) is 29.2 Å². The van der Waals surface area contributed by atoms with Crippen LogP contribution >= 0.6 is 0 Å². The number of carbonyl (C=O) groups excluding carboxylic acids is 1. The van der Waals surface area contributed by atoms with Crippen molar-refractivity contribution >= 4 is 16.9 Å². The van der Waals surface area contributed by atoms with E-state index in [0.717, 1.165) is 12.0 Å². The number of methoxy groups -OCH3 is 1. The van der Waals surface area contributed by atoms with E-state index in [-0.39, 0.29) is 24.2 Å². The lowest BCUT2D eigenvalue weighted by Crippen LogP contribution is -2.33. The van der Waals surface area contributed by atoms with Gasteiger partial charge in [-0.25, -0.2) is 4.79 Å². The van der Waals surface area contributed by atoms with Crippen LogP contribution in [0.3, 0.4) is 0 Å². The van der Waals surface area contributed by atoms with E-state index in [4.69, 9.17) is 9.47 Å². The normalized spacial score (nSPS) is 12.2. The fourth-order valence-electron chi connectivity index (χ4n) is 3.26. The lowest BCUT2D eigenvalue weighted by Gasteiger charge is -2.17. The van der Waals surface area contributed by atoms with E-state index in [2.05, 4.69) is 24.1 Å². The number of hydrogen-bond donors (Lipinski definition) is 2. The summed E-state index contributed by atoms with van der Waals surface area (Å²) in [4.78, 5) is 27.5. The molecule has 0 saturated carbocycles. The van der Waals surface area contributed by atoms with Crippen LogP contribution in [0.25, 0.3) is 11.0 Å². The third kappa shape index (κ3) is 5.03. The molecule has 3 aromatic rings. The molecular weight excluding hydrogens is 382 g/mol. The average molecular weight is 412 g/mol. The Hall–Kier alpha value is -3.22. The second-order valence-electron chi connectivity index (χ2n) is 7.76. The van der Waals surface area contributed by atoms with Crippen molar-refractivity contribution in [3.63, 3.8) is 0 Å². The molecule has 1 unspecified atom stereocenters. The summed E-state index contributed by atoms with van der Waals surface area (Å²) in [6.45, 7) is 6.76. The Morgan fingerprint density at radius 3 is 2.63 bits per heavy atom. The number of nitrogens with one attached hydrogen (secondary N) is 2. The first-order valence-corrected chi connectivity index (χ1v) is 10.2. The number of fused-ring (bicyclic) bond motifs is 1. The third-order valence-electron chi connectivity index (χ3n) is 5.00. The molecule has 0 saturated heterocycles. The summed E-state index contributed by atoms with van der Waals surface area (Å²) >= 11 is 0. The zero-order valence-corrected chi connectivity index (χ0v) is 17.9. The molecule has 0 aliphatic carbocycles. The van der Waals surface area contributed by atoms with Crippen LogP contribution in [0.15, 0.2) is 47.3 Å². The maximum Gasteiger partial charge on any atom is 0.326 e. The quantitative estimate of drug-likeness (QED) is 0.563. The SMILES string of the molecule is COc1cc(C(C)NC(=O)Cn2c(=O)[nH]c3ccccc32)ccc1OCCC(C)C. The highest BCUT2D eigenvalue weighted by atomic mass is 16.5. The Bertz CT molecular complexity index is 1070. The number of amides is 1. The minimum Gasteiger partial charge on any atom is -0.493 e. The largest absolute Gasteiger partial charge is 0.493 e. The number of aromatic amines is 1. The summed E-state index contributed by atoms with van der Waals surface area (Å²) in [5.74, 6) is 1.64. The molecule has 2 aromatic carbocycles.